The normalized spacial score (nSPS) is 15.8. The molecular weight excluding hydrogens is 256 g/mol. The van der Waals surface area contributed by atoms with Gasteiger partial charge in [0.05, 0.1) is 6.61 Å². The van der Waals surface area contributed by atoms with E-state index in [1.807, 2.05) is 11.8 Å². The van der Waals surface area contributed by atoms with Gasteiger partial charge in [0.15, 0.2) is 0 Å². The quantitative estimate of drug-likeness (QED) is 0.858. The van der Waals surface area contributed by atoms with Crippen molar-refractivity contribution in [2.75, 3.05) is 19.8 Å². The Morgan fingerprint density at radius 2 is 1.95 bits per heavy atom. The third-order valence-corrected chi connectivity index (χ3v) is 4.52. The summed E-state index contributed by atoms with van der Waals surface area (Å²) in [6.07, 6.45) is 2.89. The maximum Gasteiger partial charge on any atom is 0.0540 e. The van der Waals surface area contributed by atoms with Crippen molar-refractivity contribution >= 4 is 11.8 Å². The SMILES string of the molecule is OCCC#Cc1ccc(CSC2CCOCC2)cc1. The maximum absolute atomic E-state index is 8.67. The van der Waals surface area contributed by atoms with Crippen LogP contribution in [0.15, 0.2) is 24.3 Å². The lowest BCUT2D eigenvalue weighted by molar-refractivity contribution is 0.1000. The zero-order valence-electron chi connectivity index (χ0n) is 11.1. The molecule has 1 saturated heterocycles. The monoisotopic (exact) mass is 276 g/mol. The molecule has 3 heteroatoms. The van der Waals surface area contributed by atoms with Gasteiger partial charge in [-0.1, -0.05) is 24.0 Å². The van der Waals surface area contributed by atoms with Gasteiger partial charge in [0.25, 0.3) is 0 Å². The van der Waals surface area contributed by atoms with Gasteiger partial charge in [0.1, 0.15) is 0 Å². The molecule has 0 spiro atoms. The second kappa shape index (κ2) is 8.27. The van der Waals surface area contributed by atoms with Crippen molar-refractivity contribution in [3.63, 3.8) is 0 Å². The average Bonchev–Trinajstić information content (AvgIpc) is 2.48. The molecule has 1 heterocycles. The van der Waals surface area contributed by atoms with Crippen LogP contribution in [0.5, 0.6) is 0 Å². The predicted octanol–water partition coefficient (Wildman–Crippen LogP) is 2.83. The lowest BCUT2D eigenvalue weighted by atomic mass is 10.1. The molecule has 0 radical (unpaired) electrons. The molecule has 2 rings (SSSR count). The van der Waals surface area contributed by atoms with Gasteiger partial charge in [-0.3, -0.25) is 0 Å². The Kier molecular flexibility index (Phi) is 6.29. The molecule has 0 aliphatic carbocycles. The van der Waals surface area contributed by atoms with Crippen LogP contribution in [0.1, 0.15) is 30.4 Å². The smallest absolute Gasteiger partial charge is 0.0540 e. The summed E-state index contributed by atoms with van der Waals surface area (Å²) in [6, 6.07) is 8.42. The molecule has 1 fully saturated rings. The van der Waals surface area contributed by atoms with E-state index in [2.05, 4.69) is 36.1 Å². The minimum absolute atomic E-state index is 0.132. The van der Waals surface area contributed by atoms with E-state index >= 15 is 0 Å². The Labute approximate surface area is 119 Å². The summed E-state index contributed by atoms with van der Waals surface area (Å²) in [6.45, 7) is 1.96. The van der Waals surface area contributed by atoms with E-state index < -0.39 is 0 Å². The van der Waals surface area contributed by atoms with Crippen LogP contribution in [0.2, 0.25) is 0 Å². The number of hydrogen-bond donors (Lipinski definition) is 1. The van der Waals surface area contributed by atoms with E-state index in [1.165, 1.54) is 18.4 Å². The van der Waals surface area contributed by atoms with Crippen LogP contribution in [-0.2, 0) is 10.5 Å². The van der Waals surface area contributed by atoms with Crippen LogP contribution in [0.4, 0.5) is 0 Å². The van der Waals surface area contributed by atoms with Gasteiger partial charge in [-0.25, -0.2) is 0 Å². The van der Waals surface area contributed by atoms with Crippen molar-refractivity contribution in [1.82, 2.24) is 0 Å². The van der Waals surface area contributed by atoms with Crippen LogP contribution < -0.4 is 0 Å². The minimum atomic E-state index is 0.132. The Bertz CT molecular complexity index is 424. The zero-order valence-corrected chi connectivity index (χ0v) is 11.9. The van der Waals surface area contributed by atoms with E-state index in [0.29, 0.717) is 6.42 Å². The van der Waals surface area contributed by atoms with E-state index in [4.69, 9.17) is 9.84 Å². The summed E-state index contributed by atoms with van der Waals surface area (Å²) in [7, 11) is 0. The highest BCUT2D eigenvalue weighted by Gasteiger charge is 2.13. The van der Waals surface area contributed by atoms with Crippen LogP contribution >= 0.6 is 11.8 Å². The first-order chi connectivity index (χ1) is 9.38. The molecule has 102 valence electrons. The van der Waals surface area contributed by atoms with Crippen LogP contribution in [0.3, 0.4) is 0 Å². The number of benzene rings is 1. The summed E-state index contributed by atoms with van der Waals surface area (Å²) in [5.41, 5.74) is 2.37. The van der Waals surface area contributed by atoms with Crippen molar-refractivity contribution in [3.8, 4) is 11.8 Å². The predicted molar refractivity (Wildman–Crippen MR) is 80.2 cm³/mol. The summed E-state index contributed by atoms with van der Waals surface area (Å²) in [4.78, 5) is 0. The highest BCUT2D eigenvalue weighted by Crippen LogP contribution is 2.25. The zero-order chi connectivity index (χ0) is 13.3. The molecule has 0 amide bonds. The van der Waals surface area contributed by atoms with Gasteiger partial charge >= 0.3 is 0 Å². The second-order valence-electron chi connectivity index (χ2n) is 4.60. The molecule has 1 aromatic rings. The van der Waals surface area contributed by atoms with Crippen molar-refractivity contribution in [1.29, 1.82) is 0 Å². The summed E-state index contributed by atoms with van der Waals surface area (Å²) < 4.78 is 5.37. The molecule has 0 saturated carbocycles. The molecule has 1 aliphatic rings. The Balaban J connectivity index is 1.80. The molecular formula is C16H20O2S. The molecule has 19 heavy (non-hydrogen) atoms. The van der Waals surface area contributed by atoms with Crippen LogP contribution in [-0.4, -0.2) is 30.2 Å². The Hall–Kier alpha value is -0.950. The lowest BCUT2D eigenvalue weighted by Gasteiger charge is -2.21. The second-order valence-corrected chi connectivity index (χ2v) is 5.88. The Morgan fingerprint density at radius 3 is 2.63 bits per heavy atom. The van der Waals surface area contributed by atoms with Crippen molar-refractivity contribution in [2.45, 2.75) is 30.3 Å². The first-order valence-corrected chi connectivity index (χ1v) is 7.81. The van der Waals surface area contributed by atoms with Gasteiger partial charge < -0.3 is 9.84 Å². The third-order valence-electron chi connectivity index (χ3n) is 3.08. The standard InChI is InChI=1S/C16H20O2S/c17-10-2-1-3-14-4-6-15(7-5-14)13-19-16-8-11-18-12-9-16/h4-7,16-17H,2,8-13H2. The van der Waals surface area contributed by atoms with Crippen molar-refractivity contribution in [2.24, 2.45) is 0 Å². The van der Waals surface area contributed by atoms with Gasteiger partial charge in [-0.2, -0.15) is 11.8 Å². The molecule has 1 aliphatic heterocycles. The summed E-state index contributed by atoms with van der Waals surface area (Å²) >= 11 is 2.03. The molecule has 0 bridgehead atoms. The molecule has 2 nitrogen and oxygen atoms in total. The largest absolute Gasteiger partial charge is 0.395 e. The minimum Gasteiger partial charge on any atom is -0.395 e. The molecule has 1 aromatic carbocycles. The molecule has 0 atom stereocenters. The number of ether oxygens (including phenoxy) is 1. The topological polar surface area (TPSA) is 29.5 Å². The van der Waals surface area contributed by atoms with Crippen molar-refractivity contribution in [3.05, 3.63) is 35.4 Å². The number of hydrogen-bond acceptors (Lipinski definition) is 3. The maximum atomic E-state index is 8.67. The highest BCUT2D eigenvalue weighted by molar-refractivity contribution is 7.99. The highest BCUT2D eigenvalue weighted by atomic mass is 32.2. The summed E-state index contributed by atoms with van der Waals surface area (Å²) in [5.74, 6) is 7.04. The van der Waals surface area contributed by atoms with Crippen molar-refractivity contribution < 1.29 is 9.84 Å². The number of rotatable bonds is 4. The van der Waals surface area contributed by atoms with Gasteiger partial charge in [-0.05, 0) is 30.5 Å². The van der Waals surface area contributed by atoms with Crippen LogP contribution in [0.25, 0.3) is 0 Å². The first kappa shape index (κ1) is 14.5. The van der Waals surface area contributed by atoms with E-state index in [0.717, 1.165) is 29.8 Å². The lowest BCUT2D eigenvalue weighted by Crippen LogP contribution is -2.17. The number of thioether (sulfide) groups is 1. The van der Waals surface area contributed by atoms with Gasteiger partial charge in [-0.15, -0.1) is 0 Å². The average molecular weight is 276 g/mol. The van der Waals surface area contributed by atoms with E-state index in [-0.39, 0.29) is 6.61 Å². The number of aliphatic hydroxyl groups excluding tert-OH is 1. The Morgan fingerprint density at radius 1 is 1.21 bits per heavy atom. The first-order valence-electron chi connectivity index (χ1n) is 6.76. The number of aliphatic hydroxyl groups is 1. The van der Waals surface area contributed by atoms with Gasteiger partial charge in [0.2, 0.25) is 0 Å². The summed E-state index contributed by atoms with van der Waals surface area (Å²) in [5, 5.41) is 9.42. The fraction of sp³-hybridized carbons (Fsp3) is 0.500. The molecule has 1 N–H and O–H groups in total. The van der Waals surface area contributed by atoms with Crippen LogP contribution in [0, 0.1) is 11.8 Å². The fourth-order valence-electron chi connectivity index (χ4n) is 1.96. The van der Waals surface area contributed by atoms with E-state index in [9.17, 15) is 0 Å². The van der Waals surface area contributed by atoms with Gasteiger partial charge in [0, 0.05) is 36.2 Å². The molecule has 0 aromatic heterocycles. The fourth-order valence-corrected chi connectivity index (χ4v) is 3.11. The van der Waals surface area contributed by atoms with E-state index in [1.54, 1.807) is 0 Å². The molecule has 0 unspecified atom stereocenters. The third kappa shape index (κ3) is 5.28.